The molecular weight excluding hydrogens is 448 g/mol. The highest BCUT2D eigenvalue weighted by atomic mass is 16.5. The minimum atomic E-state index is -1.20. The first-order valence-corrected chi connectivity index (χ1v) is 11.6. The van der Waals surface area contributed by atoms with E-state index in [0.717, 1.165) is 41.5 Å². The summed E-state index contributed by atoms with van der Waals surface area (Å²) in [5, 5.41) is 18.7. The molecule has 1 saturated carbocycles. The molecule has 1 aromatic heterocycles. The Bertz CT molecular complexity index is 1250. The van der Waals surface area contributed by atoms with Gasteiger partial charge in [-0.05, 0) is 41.0 Å². The summed E-state index contributed by atoms with van der Waals surface area (Å²) in [6.45, 7) is 0.141. The topological polar surface area (TPSA) is 123 Å². The SMILES string of the molecule is Cn1cc(C(=O)O)c(NC(=O)C(NC(=O)OCC2c3ccccc3-c3ccccc32)C2CCC2)n1. The number of carboxylic acids is 1. The average Bonchev–Trinajstić information content (AvgIpc) is 3.33. The molecule has 2 amide bonds. The zero-order valence-corrected chi connectivity index (χ0v) is 19.2. The summed E-state index contributed by atoms with van der Waals surface area (Å²) in [5.41, 5.74) is 4.36. The summed E-state index contributed by atoms with van der Waals surface area (Å²) < 4.78 is 6.93. The lowest BCUT2D eigenvalue weighted by Crippen LogP contribution is -2.50. The molecule has 1 heterocycles. The van der Waals surface area contributed by atoms with Crippen molar-refractivity contribution in [1.29, 1.82) is 0 Å². The second-order valence-corrected chi connectivity index (χ2v) is 9.00. The first-order valence-electron chi connectivity index (χ1n) is 11.6. The van der Waals surface area contributed by atoms with Crippen molar-refractivity contribution >= 4 is 23.8 Å². The Morgan fingerprint density at radius 1 is 1.09 bits per heavy atom. The maximum Gasteiger partial charge on any atom is 0.407 e. The highest BCUT2D eigenvalue weighted by Gasteiger charge is 2.36. The van der Waals surface area contributed by atoms with Crippen LogP contribution in [0.2, 0.25) is 0 Å². The highest BCUT2D eigenvalue weighted by Crippen LogP contribution is 2.44. The predicted octanol–water partition coefficient (Wildman–Crippen LogP) is 3.76. The van der Waals surface area contributed by atoms with E-state index in [2.05, 4.69) is 27.9 Å². The van der Waals surface area contributed by atoms with Crippen molar-refractivity contribution in [2.24, 2.45) is 13.0 Å². The minimum Gasteiger partial charge on any atom is -0.477 e. The number of nitrogens with one attached hydrogen (secondary N) is 2. The van der Waals surface area contributed by atoms with Crippen LogP contribution in [0.25, 0.3) is 11.1 Å². The number of aryl methyl sites for hydroxylation is 1. The van der Waals surface area contributed by atoms with Crippen LogP contribution in [0.1, 0.15) is 46.7 Å². The Kier molecular flexibility index (Phi) is 5.98. The molecule has 35 heavy (non-hydrogen) atoms. The Labute approximate surface area is 202 Å². The Hall–Kier alpha value is -4.14. The number of rotatable bonds is 7. The fourth-order valence-electron chi connectivity index (χ4n) is 4.87. The van der Waals surface area contributed by atoms with Gasteiger partial charge in [-0.2, -0.15) is 5.10 Å². The van der Waals surface area contributed by atoms with Crippen LogP contribution in [0.15, 0.2) is 54.7 Å². The van der Waals surface area contributed by atoms with Crippen molar-refractivity contribution in [1.82, 2.24) is 15.1 Å². The van der Waals surface area contributed by atoms with Crippen molar-refractivity contribution in [3.63, 3.8) is 0 Å². The van der Waals surface area contributed by atoms with Crippen molar-refractivity contribution in [2.75, 3.05) is 11.9 Å². The van der Waals surface area contributed by atoms with Crippen molar-refractivity contribution in [3.05, 3.63) is 71.4 Å². The number of ether oxygens (including phenoxy) is 1. The summed E-state index contributed by atoms with van der Waals surface area (Å²) >= 11 is 0. The van der Waals surface area contributed by atoms with Gasteiger partial charge in [0, 0.05) is 19.2 Å². The molecule has 0 spiro atoms. The number of carbonyl (C=O) groups is 3. The number of carboxylic acid groups (broad SMARTS) is 1. The third-order valence-electron chi connectivity index (χ3n) is 6.82. The summed E-state index contributed by atoms with van der Waals surface area (Å²) in [7, 11) is 1.57. The van der Waals surface area contributed by atoms with E-state index in [1.165, 1.54) is 10.9 Å². The van der Waals surface area contributed by atoms with Gasteiger partial charge < -0.3 is 20.5 Å². The standard InChI is InChI=1S/C26H26N4O5/c1-30-13-20(25(32)33)23(29-30)28-24(31)22(15-7-6-8-15)27-26(34)35-14-21-18-11-4-2-9-16(18)17-10-3-5-12-19(17)21/h2-5,9-13,15,21-22H,6-8,14H2,1H3,(H,27,34)(H,32,33)(H,28,29,31). The molecule has 1 atom stereocenters. The predicted molar refractivity (Wildman–Crippen MR) is 128 cm³/mol. The molecule has 3 aromatic rings. The maximum absolute atomic E-state index is 13.0. The number of alkyl carbamates (subject to hydrolysis) is 1. The number of hydrogen-bond acceptors (Lipinski definition) is 5. The van der Waals surface area contributed by atoms with E-state index >= 15 is 0 Å². The number of amides is 2. The van der Waals surface area contributed by atoms with E-state index in [0.29, 0.717) is 0 Å². The van der Waals surface area contributed by atoms with Gasteiger partial charge >= 0.3 is 12.1 Å². The van der Waals surface area contributed by atoms with Crippen LogP contribution in [0, 0.1) is 5.92 Å². The quantitative estimate of drug-likeness (QED) is 0.479. The second-order valence-electron chi connectivity index (χ2n) is 9.00. The van der Waals surface area contributed by atoms with Crippen LogP contribution in [0.5, 0.6) is 0 Å². The molecule has 2 aliphatic rings. The first kappa shape index (κ1) is 22.6. The molecule has 3 N–H and O–H groups in total. The summed E-state index contributed by atoms with van der Waals surface area (Å²) in [5.74, 6) is -1.89. The zero-order valence-electron chi connectivity index (χ0n) is 19.2. The Morgan fingerprint density at radius 3 is 2.29 bits per heavy atom. The van der Waals surface area contributed by atoms with Gasteiger partial charge in [0.1, 0.15) is 18.2 Å². The molecular formula is C26H26N4O5. The smallest absolute Gasteiger partial charge is 0.407 e. The van der Waals surface area contributed by atoms with Gasteiger partial charge in [0.2, 0.25) is 5.91 Å². The molecule has 0 aliphatic heterocycles. The van der Waals surface area contributed by atoms with Gasteiger partial charge in [0.05, 0.1) is 0 Å². The molecule has 0 saturated heterocycles. The maximum atomic E-state index is 13.0. The van der Waals surface area contributed by atoms with Gasteiger partial charge in [0.25, 0.3) is 0 Å². The largest absolute Gasteiger partial charge is 0.477 e. The third-order valence-corrected chi connectivity index (χ3v) is 6.82. The fraction of sp³-hybridized carbons (Fsp3) is 0.308. The molecule has 2 aliphatic carbocycles. The van der Waals surface area contributed by atoms with Crippen molar-refractivity contribution in [3.8, 4) is 11.1 Å². The summed E-state index contributed by atoms with van der Waals surface area (Å²) in [4.78, 5) is 37.3. The summed E-state index contributed by atoms with van der Waals surface area (Å²) in [6, 6.07) is 15.3. The van der Waals surface area contributed by atoms with E-state index in [9.17, 15) is 19.5 Å². The normalized spacial score (nSPS) is 15.5. The highest BCUT2D eigenvalue weighted by molar-refractivity contribution is 6.01. The molecule has 5 rings (SSSR count). The van der Waals surface area contributed by atoms with E-state index < -0.39 is 24.0 Å². The number of aromatic carboxylic acids is 1. The van der Waals surface area contributed by atoms with Crippen LogP contribution in [0.3, 0.4) is 0 Å². The molecule has 1 fully saturated rings. The third kappa shape index (κ3) is 4.37. The number of anilines is 1. The van der Waals surface area contributed by atoms with E-state index in [4.69, 9.17) is 4.74 Å². The number of nitrogens with zero attached hydrogens (tertiary/aromatic N) is 2. The molecule has 180 valence electrons. The second kappa shape index (κ2) is 9.25. The van der Waals surface area contributed by atoms with Gasteiger partial charge in [-0.15, -0.1) is 0 Å². The zero-order chi connectivity index (χ0) is 24.5. The lowest BCUT2D eigenvalue weighted by molar-refractivity contribution is -0.120. The molecule has 9 heteroatoms. The van der Waals surface area contributed by atoms with Crippen LogP contribution in [0.4, 0.5) is 10.6 Å². The van der Waals surface area contributed by atoms with Gasteiger partial charge in [-0.3, -0.25) is 9.48 Å². The summed E-state index contributed by atoms with van der Waals surface area (Å²) in [6.07, 6.45) is 3.17. The lowest BCUT2D eigenvalue weighted by atomic mass is 9.79. The van der Waals surface area contributed by atoms with E-state index in [1.807, 2.05) is 36.4 Å². The number of benzene rings is 2. The molecule has 0 radical (unpaired) electrons. The van der Waals surface area contributed by atoms with Crippen molar-refractivity contribution < 1.29 is 24.2 Å². The van der Waals surface area contributed by atoms with Gasteiger partial charge in [-0.1, -0.05) is 55.0 Å². The first-order chi connectivity index (χ1) is 16.9. The Morgan fingerprint density at radius 2 is 1.71 bits per heavy atom. The van der Waals surface area contributed by atoms with Crippen LogP contribution < -0.4 is 10.6 Å². The number of fused-ring (bicyclic) bond motifs is 3. The number of carbonyl (C=O) groups excluding carboxylic acids is 2. The number of aromatic nitrogens is 2. The molecule has 0 bridgehead atoms. The van der Waals surface area contributed by atoms with Crippen LogP contribution in [-0.4, -0.2) is 45.5 Å². The number of hydrogen-bond donors (Lipinski definition) is 3. The molecule has 9 nitrogen and oxygen atoms in total. The van der Waals surface area contributed by atoms with E-state index in [-0.39, 0.29) is 29.8 Å². The molecule has 1 unspecified atom stereocenters. The fourth-order valence-corrected chi connectivity index (χ4v) is 4.87. The van der Waals surface area contributed by atoms with Crippen LogP contribution >= 0.6 is 0 Å². The van der Waals surface area contributed by atoms with Gasteiger partial charge in [-0.25, -0.2) is 9.59 Å². The van der Waals surface area contributed by atoms with Gasteiger partial charge in [0.15, 0.2) is 5.82 Å². The van der Waals surface area contributed by atoms with E-state index in [1.54, 1.807) is 7.05 Å². The lowest BCUT2D eigenvalue weighted by Gasteiger charge is -2.32. The monoisotopic (exact) mass is 474 g/mol. The Balaban J connectivity index is 1.27. The average molecular weight is 475 g/mol. The minimum absolute atomic E-state index is 0.0486. The van der Waals surface area contributed by atoms with Crippen molar-refractivity contribution in [2.45, 2.75) is 31.2 Å². The molecule has 2 aromatic carbocycles. The van der Waals surface area contributed by atoms with Crippen LogP contribution in [-0.2, 0) is 16.6 Å².